The summed E-state index contributed by atoms with van der Waals surface area (Å²) in [7, 11) is 1.28. The van der Waals surface area contributed by atoms with E-state index in [4.69, 9.17) is 4.74 Å². The minimum absolute atomic E-state index is 0.00355. The second-order valence-electron chi connectivity index (χ2n) is 5.60. The van der Waals surface area contributed by atoms with Gasteiger partial charge in [0.05, 0.1) is 24.2 Å². The lowest BCUT2D eigenvalue weighted by Crippen LogP contribution is -2.26. The van der Waals surface area contributed by atoms with Crippen LogP contribution in [0.15, 0.2) is 24.3 Å². The number of methoxy groups -OCH3 is 1. The van der Waals surface area contributed by atoms with Crippen LogP contribution in [-0.2, 0) is 19.1 Å². The molecule has 0 saturated carbocycles. The number of ether oxygens (including phenoxy) is 2. The Bertz CT molecular complexity index is 626. The average Bonchev–Trinajstić information content (AvgIpc) is 2.64. The minimum Gasteiger partial charge on any atom is -0.469 e. The molecule has 1 aromatic carbocycles. The molecule has 0 heterocycles. The summed E-state index contributed by atoms with van der Waals surface area (Å²) in [5, 5.41) is 10.6. The van der Waals surface area contributed by atoms with Crippen molar-refractivity contribution in [1.82, 2.24) is 0 Å². The molecule has 1 aromatic rings. The fourth-order valence-electron chi connectivity index (χ4n) is 2.28. The lowest BCUT2D eigenvalue weighted by molar-refractivity contribution is -0.384. The summed E-state index contributed by atoms with van der Waals surface area (Å²) in [6.07, 6.45) is 2.00. The van der Waals surface area contributed by atoms with Crippen molar-refractivity contribution in [2.45, 2.75) is 32.6 Å². The Morgan fingerprint density at radius 2 is 1.88 bits per heavy atom. The molecule has 1 rings (SSSR count). The van der Waals surface area contributed by atoms with Crippen molar-refractivity contribution in [3.8, 4) is 0 Å². The molecule has 136 valence electrons. The Kier molecular flexibility index (Phi) is 7.71. The van der Waals surface area contributed by atoms with Crippen molar-refractivity contribution >= 4 is 23.9 Å². The van der Waals surface area contributed by atoms with Crippen LogP contribution < -0.4 is 0 Å². The molecule has 0 aromatic heterocycles. The van der Waals surface area contributed by atoms with Crippen LogP contribution in [-0.4, -0.2) is 36.9 Å². The van der Waals surface area contributed by atoms with Crippen molar-refractivity contribution in [2.24, 2.45) is 5.41 Å². The molecule has 0 saturated heterocycles. The third-order valence-electron chi connectivity index (χ3n) is 4.16. The van der Waals surface area contributed by atoms with Gasteiger partial charge in [0.2, 0.25) is 0 Å². The van der Waals surface area contributed by atoms with Gasteiger partial charge >= 0.3 is 11.9 Å². The molecule has 1 atom stereocenters. The van der Waals surface area contributed by atoms with Gasteiger partial charge in [-0.3, -0.25) is 14.9 Å². The molecule has 0 bridgehead atoms. The molecule has 0 radical (unpaired) electrons. The first-order valence-electron chi connectivity index (χ1n) is 7.82. The number of carbonyl (C=O) groups excluding carboxylic acids is 3. The Hall–Kier alpha value is -2.77. The van der Waals surface area contributed by atoms with Gasteiger partial charge in [0.25, 0.3) is 5.69 Å². The smallest absolute Gasteiger partial charge is 0.338 e. The van der Waals surface area contributed by atoms with E-state index in [1.165, 1.54) is 31.4 Å². The second kappa shape index (κ2) is 9.51. The van der Waals surface area contributed by atoms with E-state index in [1.54, 1.807) is 0 Å². The highest BCUT2D eigenvalue weighted by atomic mass is 16.6. The zero-order valence-electron chi connectivity index (χ0n) is 14.2. The molecule has 0 aliphatic rings. The predicted octanol–water partition coefficient (Wildman–Crippen LogP) is 2.69. The molecular weight excluding hydrogens is 330 g/mol. The van der Waals surface area contributed by atoms with Gasteiger partial charge in [0.1, 0.15) is 6.29 Å². The second-order valence-corrected chi connectivity index (χ2v) is 5.60. The first-order valence-corrected chi connectivity index (χ1v) is 7.82. The third kappa shape index (κ3) is 5.98. The largest absolute Gasteiger partial charge is 0.469 e. The van der Waals surface area contributed by atoms with Crippen LogP contribution in [0.4, 0.5) is 5.69 Å². The molecule has 0 unspecified atom stereocenters. The van der Waals surface area contributed by atoms with Crippen molar-refractivity contribution < 1.29 is 28.8 Å². The molecule has 0 N–H and O–H groups in total. The van der Waals surface area contributed by atoms with Crippen LogP contribution in [0.1, 0.15) is 43.0 Å². The van der Waals surface area contributed by atoms with E-state index in [-0.39, 0.29) is 30.7 Å². The van der Waals surface area contributed by atoms with E-state index < -0.39 is 22.3 Å². The highest BCUT2D eigenvalue weighted by Gasteiger charge is 2.29. The fourth-order valence-corrected chi connectivity index (χ4v) is 2.28. The van der Waals surface area contributed by atoms with E-state index in [2.05, 4.69) is 4.74 Å². The zero-order valence-corrected chi connectivity index (χ0v) is 14.2. The number of non-ortho nitro benzene ring substituents is 1. The number of nitro groups is 1. The van der Waals surface area contributed by atoms with E-state index in [9.17, 15) is 24.5 Å². The molecule has 0 spiro atoms. The van der Waals surface area contributed by atoms with E-state index in [0.717, 1.165) is 6.29 Å². The van der Waals surface area contributed by atoms with Gasteiger partial charge in [-0.25, -0.2) is 4.79 Å². The maximum Gasteiger partial charge on any atom is 0.338 e. The van der Waals surface area contributed by atoms with E-state index >= 15 is 0 Å². The maximum absolute atomic E-state index is 11.9. The SMILES string of the molecule is CC[C@@](C=O)(CCOC(=O)c1ccc([N+](=O)[O-])cc1)CCC(=O)OC. The van der Waals surface area contributed by atoms with Crippen LogP contribution in [0.3, 0.4) is 0 Å². The minimum atomic E-state index is -0.760. The Morgan fingerprint density at radius 1 is 1.24 bits per heavy atom. The zero-order chi connectivity index (χ0) is 18.9. The van der Waals surface area contributed by atoms with Crippen LogP contribution in [0, 0.1) is 15.5 Å². The number of aldehydes is 1. The number of esters is 2. The average molecular weight is 351 g/mol. The fraction of sp³-hybridized carbons (Fsp3) is 0.471. The highest BCUT2D eigenvalue weighted by Crippen LogP contribution is 2.30. The summed E-state index contributed by atoms with van der Waals surface area (Å²) >= 11 is 0. The summed E-state index contributed by atoms with van der Waals surface area (Å²) in [4.78, 5) is 44.7. The predicted molar refractivity (Wildman–Crippen MR) is 88.0 cm³/mol. The third-order valence-corrected chi connectivity index (χ3v) is 4.16. The summed E-state index contributed by atoms with van der Waals surface area (Å²) < 4.78 is 9.71. The Labute approximate surface area is 145 Å². The van der Waals surface area contributed by atoms with Crippen LogP contribution in [0.2, 0.25) is 0 Å². The first-order chi connectivity index (χ1) is 11.9. The molecular formula is C17H21NO7. The van der Waals surface area contributed by atoms with Crippen LogP contribution in [0.25, 0.3) is 0 Å². The maximum atomic E-state index is 11.9. The van der Waals surface area contributed by atoms with Gasteiger partial charge in [-0.15, -0.1) is 0 Å². The van der Waals surface area contributed by atoms with E-state index in [0.29, 0.717) is 12.8 Å². The topological polar surface area (TPSA) is 113 Å². The number of rotatable bonds is 10. The lowest BCUT2D eigenvalue weighted by Gasteiger charge is -2.25. The van der Waals surface area contributed by atoms with Gasteiger partial charge in [0, 0.05) is 24.0 Å². The highest BCUT2D eigenvalue weighted by molar-refractivity contribution is 5.89. The van der Waals surface area contributed by atoms with Crippen molar-refractivity contribution in [1.29, 1.82) is 0 Å². The summed E-state index contributed by atoms with van der Waals surface area (Å²) in [5.41, 5.74) is -0.692. The lowest BCUT2D eigenvalue weighted by atomic mass is 9.79. The standard InChI is InChI=1S/C17H21NO7/c1-3-17(12-19,9-8-15(20)24-2)10-11-25-16(21)13-4-6-14(7-5-13)18(22)23/h4-7,12H,3,8-11H2,1-2H3/t17-/m0/s1. The first kappa shape index (κ1) is 20.3. The van der Waals surface area contributed by atoms with Gasteiger partial charge < -0.3 is 14.3 Å². The summed E-state index contributed by atoms with van der Waals surface area (Å²) in [6, 6.07) is 5.05. The summed E-state index contributed by atoms with van der Waals surface area (Å²) in [5.74, 6) is -1.03. The molecule has 0 aliphatic heterocycles. The monoisotopic (exact) mass is 351 g/mol. The van der Waals surface area contributed by atoms with Crippen LogP contribution >= 0.6 is 0 Å². The quantitative estimate of drug-likeness (QED) is 0.275. The number of hydrogen-bond donors (Lipinski definition) is 0. The number of carbonyl (C=O) groups is 3. The Morgan fingerprint density at radius 3 is 2.36 bits per heavy atom. The van der Waals surface area contributed by atoms with Crippen LogP contribution in [0.5, 0.6) is 0 Å². The molecule has 0 aliphatic carbocycles. The normalized spacial score (nSPS) is 12.7. The van der Waals surface area contributed by atoms with Crippen molar-refractivity contribution in [3.05, 3.63) is 39.9 Å². The van der Waals surface area contributed by atoms with E-state index in [1.807, 2.05) is 6.92 Å². The molecule has 8 nitrogen and oxygen atoms in total. The number of nitro benzene ring substituents is 1. The van der Waals surface area contributed by atoms with Gasteiger partial charge in [-0.1, -0.05) is 6.92 Å². The molecule has 0 amide bonds. The summed E-state index contributed by atoms with van der Waals surface area (Å²) in [6.45, 7) is 1.83. The molecule has 25 heavy (non-hydrogen) atoms. The van der Waals surface area contributed by atoms with Crippen molar-refractivity contribution in [3.63, 3.8) is 0 Å². The number of nitrogens with zero attached hydrogens (tertiary/aromatic N) is 1. The number of hydrogen-bond acceptors (Lipinski definition) is 7. The van der Waals surface area contributed by atoms with Gasteiger partial charge in [0.15, 0.2) is 0 Å². The molecule has 0 fully saturated rings. The van der Waals surface area contributed by atoms with Crippen molar-refractivity contribution in [2.75, 3.05) is 13.7 Å². The number of benzene rings is 1. The van der Waals surface area contributed by atoms with Gasteiger partial charge in [-0.2, -0.15) is 0 Å². The van der Waals surface area contributed by atoms with Gasteiger partial charge in [-0.05, 0) is 31.4 Å². The molecule has 8 heteroatoms. The Balaban J connectivity index is 2.59.